The number of nitrogens with zero attached hydrogens (tertiary/aromatic N) is 1. The molecule has 0 amide bonds. The molecule has 0 bridgehead atoms. The van der Waals surface area contributed by atoms with Crippen molar-refractivity contribution in [1.82, 2.24) is 4.98 Å². The largest absolute Gasteiger partial charge is 0.462 e. The molecule has 0 radical (unpaired) electrons. The van der Waals surface area contributed by atoms with Crippen molar-refractivity contribution in [2.24, 2.45) is 0 Å². The predicted molar refractivity (Wildman–Crippen MR) is 62.7 cm³/mol. The molecule has 5 heteroatoms. The number of halogens is 2. The highest BCUT2D eigenvalue weighted by Gasteiger charge is 2.14. The van der Waals surface area contributed by atoms with E-state index >= 15 is 0 Å². The van der Waals surface area contributed by atoms with Crippen molar-refractivity contribution in [2.45, 2.75) is 6.92 Å². The average Bonchev–Trinajstić information content (AvgIpc) is 2.29. The third kappa shape index (κ3) is 2.36. The zero-order chi connectivity index (χ0) is 12.4. The minimum atomic E-state index is -0.535. The van der Waals surface area contributed by atoms with Crippen LogP contribution in [-0.4, -0.2) is 17.6 Å². The maximum absolute atomic E-state index is 13.2. The molecule has 0 atom stereocenters. The van der Waals surface area contributed by atoms with Crippen LogP contribution in [0.5, 0.6) is 0 Å². The first-order chi connectivity index (χ1) is 8.11. The Morgan fingerprint density at radius 3 is 2.94 bits per heavy atom. The van der Waals surface area contributed by atoms with E-state index in [0.717, 1.165) is 0 Å². The van der Waals surface area contributed by atoms with Crippen LogP contribution in [0.1, 0.15) is 17.3 Å². The molecule has 0 unspecified atom stereocenters. The maximum Gasteiger partial charge on any atom is 0.338 e. The smallest absolute Gasteiger partial charge is 0.338 e. The maximum atomic E-state index is 13.2. The van der Waals surface area contributed by atoms with Crippen LogP contribution >= 0.6 is 11.6 Å². The van der Waals surface area contributed by atoms with Gasteiger partial charge in [0.05, 0.1) is 17.7 Å². The second-order valence-electron chi connectivity index (χ2n) is 3.37. The Labute approximate surface area is 102 Å². The number of ether oxygens (including phenoxy) is 1. The zero-order valence-corrected chi connectivity index (χ0v) is 9.79. The molecular weight excluding hydrogens is 245 g/mol. The van der Waals surface area contributed by atoms with Crippen LogP contribution in [0.25, 0.3) is 10.9 Å². The molecule has 0 saturated heterocycles. The molecule has 1 aromatic heterocycles. The van der Waals surface area contributed by atoms with Crippen molar-refractivity contribution in [2.75, 3.05) is 6.61 Å². The van der Waals surface area contributed by atoms with Gasteiger partial charge in [0.1, 0.15) is 11.0 Å². The Balaban J connectivity index is 2.67. The fourth-order valence-electron chi connectivity index (χ4n) is 1.54. The SMILES string of the molecule is CCOC(=O)c1cc(Cl)nc2ccc(F)cc12. The Kier molecular flexibility index (Phi) is 3.24. The summed E-state index contributed by atoms with van der Waals surface area (Å²) >= 11 is 5.80. The van der Waals surface area contributed by atoms with Crippen LogP contribution < -0.4 is 0 Å². The number of carbonyl (C=O) groups excluding carboxylic acids is 1. The summed E-state index contributed by atoms with van der Waals surface area (Å²) in [5, 5.41) is 0.569. The van der Waals surface area contributed by atoms with Crippen LogP contribution in [0.15, 0.2) is 24.3 Å². The summed E-state index contributed by atoms with van der Waals surface area (Å²) in [5.74, 6) is -0.973. The number of benzene rings is 1. The molecule has 1 aromatic carbocycles. The van der Waals surface area contributed by atoms with Gasteiger partial charge in [-0.15, -0.1) is 0 Å². The van der Waals surface area contributed by atoms with Crippen LogP contribution in [-0.2, 0) is 4.74 Å². The molecule has 88 valence electrons. The van der Waals surface area contributed by atoms with Gasteiger partial charge in [-0.05, 0) is 31.2 Å². The second-order valence-corrected chi connectivity index (χ2v) is 3.76. The Morgan fingerprint density at radius 2 is 2.24 bits per heavy atom. The summed E-state index contributed by atoms with van der Waals surface area (Å²) in [7, 11) is 0. The van der Waals surface area contributed by atoms with Crippen LogP contribution in [0.4, 0.5) is 4.39 Å². The number of esters is 1. The van der Waals surface area contributed by atoms with Gasteiger partial charge < -0.3 is 4.74 Å². The summed E-state index contributed by atoms with van der Waals surface area (Å²) in [6.07, 6.45) is 0. The number of fused-ring (bicyclic) bond motifs is 1. The molecule has 17 heavy (non-hydrogen) atoms. The van der Waals surface area contributed by atoms with E-state index in [1.54, 1.807) is 6.92 Å². The highest BCUT2D eigenvalue weighted by Crippen LogP contribution is 2.22. The van der Waals surface area contributed by atoms with Gasteiger partial charge in [0, 0.05) is 5.39 Å². The Hall–Kier alpha value is -1.68. The van der Waals surface area contributed by atoms with E-state index in [9.17, 15) is 9.18 Å². The molecule has 0 aliphatic heterocycles. The Morgan fingerprint density at radius 1 is 1.47 bits per heavy atom. The fraction of sp³-hybridized carbons (Fsp3) is 0.167. The summed E-state index contributed by atoms with van der Waals surface area (Å²) < 4.78 is 18.0. The number of hydrogen-bond acceptors (Lipinski definition) is 3. The lowest BCUT2D eigenvalue weighted by atomic mass is 10.1. The van der Waals surface area contributed by atoms with Gasteiger partial charge in [-0.1, -0.05) is 11.6 Å². The van der Waals surface area contributed by atoms with Crippen LogP contribution in [0.2, 0.25) is 5.15 Å². The lowest BCUT2D eigenvalue weighted by Gasteiger charge is -2.06. The minimum absolute atomic E-state index is 0.173. The van der Waals surface area contributed by atoms with E-state index in [4.69, 9.17) is 16.3 Å². The van der Waals surface area contributed by atoms with Crippen LogP contribution in [0.3, 0.4) is 0 Å². The van der Waals surface area contributed by atoms with E-state index in [-0.39, 0.29) is 17.3 Å². The first-order valence-electron chi connectivity index (χ1n) is 5.04. The third-order valence-electron chi connectivity index (χ3n) is 2.23. The molecular formula is C12H9ClFNO2. The van der Waals surface area contributed by atoms with Gasteiger partial charge in [0.25, 0.3) is 0 Å². The molecule has 3 nitrogen and oxygen atoms in total. The van der Waals surface area contributed by atoms with E-state index in [0.29, 0.717) is 10.9 Å². The molecule has 1 heterocycles. The van der Waals surface area contributed by atoms with E-state index in [2.05, 4.69) is 4.98 Å². The summed E-state index contributed by atoms with van der Waals surface area (Å²) in [4.78, 5) is 15.7. The molecule has 0 aliphatic carbocycles. The molecule has 0 aliphatic rings. The Bertz CT molecular complexity index is 586. The van der Waals surface area contributed by atoms with Crippen molar-refractivity contribution in [3.63, 3.8) is 0 Å². The molecule has 2 rings (SSSR count). The van der Waals surface area contributed by atoms with Crippen molar-refractivity contribution in [1.29, 1.82) is 0 Å². The number of pyridine rings is 1. The number of hydrogen-bond donors (Lipinski definition) is 0. The van der Waals surface area contributed by atoms with E-state index in [1.807, 2.05) is 0 Å². The molecule has 0 spiro atoms. The van der Waals surface area contributed by atoms with E-state index < -0.39 is 11.8 Å². The number of carbonyl (C=O) groups is 1. The molecule has 0 fully saturated rings. The first kappa shape index (κ1) is 11.8. The quantitative estimate of drug-likeness (QED) is 0.609. The van der Waals surface area contributed by atoms with Crippen molar-refractivity contribution < 1.29 is 13.9 Å². The summed E-state index contributed by atoms with van der Waals surface area (Å²) in [6, 6.07) is 5.35. The lowest BCUT2D eigenvalue weighted by Crippen LogP contribution is -2.06. The standard InChI is InChI=1S/C12H9ClFNO2/c1-2-17-12(16)9-6-11(13)15-10-4-3-7(14)5-8(9)10/h3-6H,2H2,1H3. The van der Waals surface area contributed by atoms with Gasteiger partial charge in [-0.2, -0.15) is 0 Å². The zero-order valence-electron chi connectivity index (χ0n) is 9.04. The lowest BCUT2D eigenvalue weighted by molar-refractivity contribution is 0.0528. The van der Waals surface area contributed by atoms with Gasteiger partial charge >= 0.3 is 5.97 Å². The highest BCUT2D eigenvalue weighted by molar-refractivity contribution is 6.30. The topological polar surface area (TPSA) is 39.2 Å². The normalized spacial score (nSPS) is 10.5. The predicted octanol–water partition coefficient (Wildman–Crippen LogP) is 3.20. The molecule has 2 aromatic rings. The van der Waals surface area contributed by atoms with Gasteiger partial charge in [-0.3, -0.25) is 0 Å². The second kappa shape index (κ2) is 4.67. The number of rotatable bonds is 2. The summed E-state index contributed by atoms with van der Waals surface area (Å²) in [5.41, 5.74) is 0.684. The van der Waals surface area contributed by atoms with Crippen molar-refractivity contribution in [3.8, 4) is 0 Å². The molecule has 0 saturated carbocycles. The fourth-order valence-corrected chi connectivity index (χ4v) is 1.74. The van der Waals surface area contributed by atoms with Crippen molar-refractivity contribution in [3.05, 3.63) is 40.8 Å². The van der Waals surface area contributed by atoms with Gasteiger partial charge in [0.15, 0.2) is 0 Å². The van der Waals surface area contributed by atoms with Gasteiger partial charge in [-0.25, -0.2) is 14.2 Å². The van der Waals surface area contributed by atoms with Crippen LogP contribution in [0, 0.1) is 5.82 Å². The summed E-state index contributed by atoms with van der Waals surface area (Å²) in [6.45, 7) is 1.94. The third-order valence-corrected chi connectivity index (χ3v) is 2.43. The number of aromatic nitrogens is 1. The highest BCUT2D eigenvalue weighted by atomic mass is 35.5. The first-order valence-corrected chi connectivity index (χ1v) is 5.42. The van der Waals surface area contributed by atoms with E-state index in [1.165, 1.54) is 24.3 Å². The molecule has 0 N–H and O–H groups in total. The van der Waals surface area contributed by atoms with Gasteiger partial charge in [0.2, 0.25) is 0 Å². The average molecular weight is 254 g/mol. The monoisotopic (exact) mass is 253 g/mol. The minimum Gasteiger partial charge on any atom is -0.462 e. The van der Waals surface area contributed by atoms with Crippen molar-refractivity contribution >= 4 is 28.5 Å².